The average Bonchev–Trinajstić information content (AvgIpc) is 3.24. The van der Waals surface area contributed by atoms with Crippen molar-refractivity contribution >= 4 is 38.2 Å². The molecule has 0 saturated carbocycles. The lowest BCUT2D eigenvalue weighted by Crippen LogP contribution is -2.36. The van der Waals surface area contributed by atoms with Crippen molar-refractivity contribution in [1.29, 1.82) is 0 Å². The monoisotopic (exact) mass is 444 g/mol. The summed E-state index contributed by atoms with van der Waals surface area (Å²) in [5.74, 6) is -0.359. The molecule has 10 nitrogen and oxygen atoms in total. The van der Waals surface area contributed by atoms with Gasteiger partial charge in [-0.3, -0.25) is 4.79 Å². The Balaban J connectivity index is 1.66. The van der Waals surface area contributed by atoms with Crippen LogP contribution in [0.15, 0.2) is 52.5 Å². The Labute approximate surface area is 178 Å². The van der Waals surface area contributed by atoms with Crippen LogP contribution in [0.5, 0.6) is 5.75 Å². The van der Waals surface area contributed by atoms with Crippen LogP contribution in [0.3, 0.4) is 0 Å². The van der Waals surface area contributed by atoms with Gasteiger partial charge in [-0.2, -0.15) is 0 Å². The highest BCUT2D eigenvalue weighted by molar-refractivity contribution is 7.90. The molecule has 1 fully saturated rings. The third-order valence-corrected chi connectivity index (χ3v) is 6.39. The van der Waals surface area contributed by atoms with Gasteiger partial charge in [-0.05, 0) is 47.6 Å². The van der Waals surface area contributed by atoms with Gasteiger partial charge in [-0.25, -0.2) is 13.1 Å². The van der Waals surface area contributed by atoms with E-state index < -0.39 is 15.9 Å². The van der Waals surface area contributed by atoms with E-state index >= 15 is 0 Å². The molecule has 2 N–H and O–H groups in total. The van der Waals surface area contributed by atoms with Gasteiger partial charge in [0, 0.05) is 24.2 Å². The van der Waals surface area contributed by atoms with Crippen molar-refractivity contribution in [3.63, 3.8) is 0 Å². The van der Waals surface area contributed by atoms with Gasteiger partial charge in [0.2, 0.25) is 0 Å². The van der Waals surface area contributed by atoms with Crippen molar-refractivity contribution in [2.75, 3.05) is 38.3 Å². The van der Waals surface area contributed by atoms with Crippen LogP contribution in [-0.2, 0) is 14.8 Å². The Hall–Kier alpha value is -3.44. The number of nitroso groups, excluding NO2 is 1. The molecule has 0 bridgehead atoms. The number of rotatable bonds is 6. The Morgan fingerprint density at radius 1 is 1.16 bits per heavy atom. The normalized spacial score (nSPS) is 14.4. The zero-order chi connectivity index (χ0) is 22.0. The summed E-state index contributed by atoms with van der Waals surface area (Å²) in [7, 11) is -2.64. The van der Waals surface area contributed by atoms with Crippen LogP contribution in [-0.4, -0.2) is 52.7 Å². The number of carbonyl (C=O) groups excluding carboxylic acids is 1. The summed E-state index contributed by atoms with van der Waals surface area (Å²) in [6.45, 7) is 2.43. The van der Waals surface area contributed by atoms with E-state index in [0.717, 1.165) is 5.69 Å². The van der Waals surface area contributed by atoms with E-state index in [9.17, 15) is 18.1 Å². The van der Waals surface area contributed by atoms with Crippen LogP contribution in [0, 0.1) is 4.91 Å². The second-order valence-electron chi connectivity index (χ2n) is 6.88. The minimum atomic E-state index is -4.10. The number of morpholine rings is 1. The van der Waals surface area contributed by atoms with Crippen LogP contribution in [0.4, 0.5) is 11.4 Å². The topological polar surface area (TPSA) is 130 Å². The van der Waals surface area contributed by atoms with E-state index in [1.807, 2.05) is 4.72 Å². The number of ether oxygens (including phenoxy) is 2. The number of methoxy groups -OCH3 is 1. The second-order valence-corrected chi connectivity index (χ2v) is 8.56. The number of aromatic amines is 1. The number of hydrogen-bond donors (Lipinski definition) is 2. The molecule has 0 aliphatic carbocycles. The Morgan fingerprint density at radius 3 is 2.52 bits per heavy atom. The lowest BCUT2D eigenvalue weighted by molar-refractivity contribution is 0.0977. The van der Waals surface area contributed by atoms with Gasteiger partial charge in [0.15, 0.2) is 0 Å². The molecule has 0 spiro atoms. The molecular weight excluding hydrogens is 424 g/mol. The molecule has 2 heterocycles. The first-order valence-corrected chi connectivity index (χ1v) is 10.9. The van der Waals surface area contributed by atoms with Gasteiger partial charge < -0.3 is 19.4 Å². The molecule has 1 aliphatic heterocycles. The van der Waals surface area contributed by atoms with E-state index in [-0.39, 0.29) is 16.3 Å². The largest absolute Gasteiger partial charge is 0.497 e. The predicted molar refractivity (Wildman–Crippen MR) is 114 cm³/mol. The number of hydrogen-bond acceptors (Lipinski definition) is 8. The maximum Gasteiger partial charge on any atom is 0.281 e. The summed E-state index contributed by atoms with van der Waals surface area (Å²) < 4.78 is 37.6. The maximum atomic E-state index is 12.7. The quantitative estimate of drug-likeness (QED) is 0.559. The zero-order valence-electron chi connectivity index (χ0n) is 16.6. The van der Waals surface area contributed by atoms with Gasteiger partial charge in [0.25, 0.3) is 15.9 Å². The molecule has 2 aromatic carbocycles. The summed E-state index contributed by atoms with van der Waals surface area (Å²) >= 11 is 0. The first kappa shape index (κ1) is 20.8. The highest BCUT2D eigenvalue weighted by atomic mass is 32.2. The summed E-state index contributed by atoms with van der Waals surface area (Å²) in [5, 5.41) is 3.61. The fourth-order valence-electron chi connectivity index (χ4n) is 3.46. The predicted octanol–water partition coefficient (Wildman–Crippen LogP) is 2.53. The SMILES string of the molecule is COc1ccc(S(=O)(=O)NC(=O)c2cc3c(N4CCOCC4)ccc(N=O)c3[nH]2)cc1. The molecular formula is C20H20N4O6S. The summed E-state index contributed by atoms with van der Waals surface area (Å²) in [6, 6.07) is 10.5. The van der Waals surface area contributed by atoms with Crippen LogP contribution in [0.1, 0.15) is 10.5 Å². The van der Waals surface area contributed by atoms with E-state index in [4.69, 9.17) is 9.47 Å². The molecule has 1 saturated heterocycles. The van der Waals surface area contributed by atoms with Gasteiger partial charge in [-0.15, -0.1) is 4.91 Å². The highest BCUT2D eigenvalue weighted by Gasteiger charge is 2.23. The minimum Gasteiger partial charge on any atom is -0.497 e. The number of nitrogens with one attached hydrogen (secondary N) is 2. The highest BCUT2D eigenvalue weighted by Crippen LogP contribution is 2.34. The van der Waals surface area contributed by atoms with Gasteiger partial charge in [-0.1, -0.05) is 0 Å². The Morgan fingerprint density at radius 2 is 1.87 bits per heavy atom. The van der Waals surface area contributed by atoms with Crippen LogP contribution >= 0.6 is 0 Å². The van der Waals surface area contributed by atoms with Crippen molar-refractivity contribution in [1.82, 2.24) is 9.71 Å². The van der Waals surface area contributed by atoms with Crippen molar-refractivity contribution in [2.24, 2.45) is 5.18 Å². The lowest BCUT2D eigenvalue weighted by atomic mass is 10.1. The molecule has 0 radical (unpaired) electrons. The molecule has 0 unspecified atom stereocenters. The number of benzene rings is 2. The zero-order valence-corrected chi connectivity index (χ0v) is 17.4. The van der Waals surface area contributed by atoms with Crippen molar-refractivity contribution in [3.05, 3.63) is 53.1 Å². The third-order valence-electron chi connectivity index (χ3n) is 5.04. The number of sulfonamides is 1. The van der Waals surface area contributed by atoms with Crippen molar-refractivity contribution in [2.45, 2.75) is 4.90 Å². The van der Waals surface area contributed by atoms with E-state index in [1.165, 1.54) is 37.4 Å². The van der Waals surface area contributed by atoms with Gasteiger partial charge in [0.1, 0.15) is 17.1 Å². The molecule has 162 valence electrons. The molecule has 1 aliphatic rings. The number of amides is 1. The number of H-pyrrole nitrogens is 1. The maximum absolute atomic E-state index is 12.7. The van der Waals surface area contributed by atoms with E-state index in [0.29, 0.717) is 43.0 Å². The molecule has 11 heteroatoms. The lowest BCUT2D eigenvalue weighted by Gasteiger charge is -2.29. The van der Waals surface area contributed by atoms with Crippen molar-refractivity contribution < 1.29 is 22.7 Å². The molecule has 1 amide bonds. The number of aromatic nitrogens is 1. The number of carbonyl (C=O) groups is 1. The average molecular weight is 444 g/mol. The van der Waals surface area contributed by atoms with Crippen LogP contribution < -0.4 is 14.4 Å². The second kappa shape index (κ2) is 8.36. The fraction of sp³-hybridized carbons (Fsp3) is 0.250. The molecule has 4 rings (SSSR count). The Kier molecular flexibility index (Phi) is 5.61. The van der Waals surface area contributed by atoms with E-state index in [2.05, 4.69) is 15.1 Å². The fourth-order valence-corrected chi connectivity index (χ4v) is 4.43. The number of fused-ring (bicyclic) bond motifs is 1. The summed E-state index contributed by atoms with van der Waals surface area (Å²) in [6.07, 6.45) is 0. The first-order valence-electron chi connectivity index (χ1n) is 9.46. The Bertz CT molecular complexity index is 1230. The molecule has 31 heavy (non-hydrogen) atoms. The summed E-state index contributed by atoms with van der Waals surface area (Å²) in [5.41, 5.74) is 1.30. The summed E-state index contributed by atoms with van der Waals surface area (Å²) in [4.78, 5) is 28.8. The third kappa shape index (κ3) is 4.09. The molecule has 1 aromatic heterocycles. The van der Waals surface area contributed by atoms with Crippen LogP contribution in [0.2, 0.25) is 0 Å². The number of nitrogens with zero attached hydrogens (tertiary/aromatic N) is 2. The molecule has 0 atom stereocenters. The smallest absolute Gasteiger partial charge is 0.281 e. The minimum absolute atomic E-state index is 0.00213. The number of anilines is 1. The van der Waals surface area contributed by atoms with Crippen molar-refractivity contribution in [3.8, 4) is 5.75 Å². The first-order chi connectivity index (χ1) is 14.9. The van der Waals surface area contributed by atoms with Gasteiger partial charge >= 0.3 is 0 Å². The standard InChI is InChI=1S/C20H20N4O6S/c1-29-13-2-4-14(5-3-13)31(27,28)23-20(25)17-12-15-18(24-8-10-30-11-9-24)7-6-16(22-26)19(15)21-17/h2-7,12,21H,8-11H2,1H3,(H,23,25). The van der Waals surface area contributed by atoms with Gasteiger partial charge in [0.05, 0.1) is 30.7 Å². The van der Waals surface area contributed by atoms with E-state index in [1.54, 1.807) is 12.1 Å². The van der Waals surface area contributed by atoms with Crippen LogP contribution in [0.25, 0.3) is 10.9 Å². The molecule has 3 aromatic rings.